The first-order valence-corrected chi connectivity index (χ1v) is 6.63. The van der Waals surface area contributed by atoms with Gasteiger partial charge in [0, 0.05) is 6.54 Å². The van der Waals surface area contributed by atoms with Crippen LogP contribution in [0.25, 0.3) is 0 Å². The number of hydrogen-bond donors (Lipinski definition) is 0. The van der Waals surface area contributed by atoms with Crippen molar-refractivity contribution in [1.29, 1.82) is 0 Å². The highest BCUT2D eigenvalue weighted by atomic mass is 19.4. The van der Waals surface area contributed by atoms with Crippen molar-refractivity contribution in [3.8, 4) is 0 Å². The van der Waals surface area contributed by atoms with E-state index in [0.29, 0.717) is 11.5 Å². The Bertz CT molecular complexity index is 524. The van der Waals surface area contributed by atoms with Crippen molar-refractivity contribution in [2.45, 2.75) is 45.5 Å². The van der Waals surface area contributed by atoms with Crippen molar-refractivity contribution >= 4 is 5.91 Å². The van der Waals surface area contributed by atoms with Crippen molar-refractivity contribution in [3.05, 3.63) is 35.4 Å². The monoisotopic (exact) mass is 285 g/mol. The van der Waals surface area contributed by atoms with Crippen LogP contribution in [0.15, 0.2) is 24.3 Å². The van der Waals surface area contributed by atoms with E-state index >= 15 is 0 Å². The fraction of sp³-hybridized carbons (Fsp3) is 0.533. The third-order valence-electron chi connectivity index (χ3n) is 3.65. The summed E-state index contributed by atoms with van der Waals surface area (Å²) < 4.78 is 37.9. The summed E-state index contributed by atoms with van der Waals surface area (Å²) in [5, 5.41) is 0. The lowest BCUT2D eigenvalue weighted by Gasteiger charge is -2.14. The summed E-state index contributed by atoms with van der Waals surface area (Å²) in [6.45, 7) is 6.15. The Morgan fingerprint density at radius 1 is 1.30 bits per heavy atom. The second-order valence-corrected chi connectivity index (χ2v) is 5.96. The van der Waals surface area contributed by atoms with Gasteiger partial charge in [-0.05, 0) is 37.0 Å². The van der Waals surface area contributed by atoms with Crippen molar-refractivity contribution in [1.82, 2.24) is 4.90 Å². The zero-order chi connectivity index (χ0) is 15.1. The molecule has 2 rings (SSSR count). The summed E-state index contributed by atoms with van der Waals surface area (Å²) in [4.78, 5) is 13.5. The molecule has 0 bridgehead atoms. The lowest BCUT2D eigenvalue weighted by atomic mass is 9.98. The third kappa shape index (κ3) is 2.81. The summed E-state index contributed by atoms with van der Waals surface area (Å²) in [6, 6.07) is 5.16. The van der Waals surface area contributed by atoms with E-state index < -0.39 is 17.3 Å². The molecule has 1 fully saturated rings. The van der Waals surface area contributed by atoms with Gasteiger partial charge in [-0.2, -0.15) is 13.2 Å². The molecule has 0 spiro atoms. The summed E-state index contributed by atoms with van der Waals surface area (Å²) >= 11 is 0. The Labute approximate surface area is 116 Å². The smallest absolute Gasteiger partial charge is 0.322 e. The first kappa shape index (κ1) is 14.9. The fourth-order valence-corrected chi connectivity index (χ4v) is 2.67. The molecular formula is C15H18F3NO. The molecule has 0 aromatic heterocycles. The molecule has 1 saturated heterocycles. The normalized spacial score (nSPS) is 22.6. The van der Waals surface area contributed by atoms with Gasteiger partial charge in [0.2, 0.25) is 5.91 Å². The zero-order valence-electron chi connectivity index (χ0n) is 11.8. The number of rotatable bonds is 4. The average molecular weight is 285 g/mol. The predicted molar refractivity (Wildman–Crippen MR) is 69.9 cm³/mol. The largest absolute Gasteiger partial charge is 0.416 e. The van der Waals surface area contributed by atoms with Crippen LogP contribution >= 0.6 is 0 Å². The van der Waals surface area contributed by atoms with Crippen LogP contribution < -0.4 is 0 Å². The lowest BCUT2D eigenvalue weighted by Crippen LogP contribution is -2.17. The number of halogens is 3. The Kier molecular flexibility index (Phi) is 3.56. The topological polar surface area (TPSA) is 20.1 Å². The minimum Gasteiger partial charge on any atom is -0.322 e. The van der Waals surface area contributed by atoms with Crippen LogP contribution in [0.1, 0.15) is 38.3 Å². The summed E-state index contributed by atoms with van der Waals surface area (Å²) in [5.41, 5.74) is -0.668. The fourth-order valence-electron chi connectivity index (χ4n) is 2.67. The van der Waals surface area contributed by atoms with E-state index in [2.05, 4.69) is 0 Å². The van der Waals surface area contributed by atoms with Gasteiger partial charge in [-0.15, -0.1) is 0 Å². The van der Waals surface area contributed by atoms with Gasteiger partial charge >= 0.3 is 6.18 Å². The maximum absolute atomic E-state index is 12.6. The van der Waals surface area contributed by atoms with E-state index in [4.69, 9.17) is 0 Å². The molecule has 1 aromatic rings. The Morgan fingerprint density at radius 3 is 2.50 bits per heavy atom. The molecule has 0 radical (unpaired) electrons. The second kappa shape index (κ2) is 4.79. The molecule has 0 aliphatic carbocycles. The molecule has 1 aliphatic heterocycles. The van der Waals surface area contributed by atoms with Crippen LogP contribution in [0.4, 0.5) is 13.2 Å². The molecule has 0 N–H and O–H groups in total. The maximum atomic E-state index is 12.6. The lowest BCUT2D eigenvalue weighted by molar-refractivity contribution is -0.137. The van der Waals surface area contributed by atoms with Crippen molar-refractivity contribution < 1.29 is 18.0 Å². The third-order valence-corrected chi connectivity index (χ3v) is 3.65. The summed E-state index contributed by atoms with van der Waals surface area (Å²) in [5.74, 6) is 0.388. The molecule has 1 heterocycles. The van der Waals surface area contributed by atoms with Crippen molar-refractivity contribution in [3.63, 3.8) is 0 Å². The van der Waals surface area contributed by atoms with Crippen molar-refractivity contribution in [2.75, 3.05) is 0 Å². The highest BCUT2D eigenvalue weighted by Gasteiger charge is 2.58. The van der Waals surface area contributed by atoms with Gasteiger partial charge in [-0.25, -0.2) is 0 Å². The zero-order valence-corrected chi connectivity index (χ0v) is 11.8. The molecule has 1 atom stereocenters. The molecule has 1 amide bonds. The van der Waals surface area contributed by atoms with Gasteiger partial charge in [0.25, 0.3) is 0 Å². The standard InChI is InChI=1S/C15H18F3NO/c1-10(2)8-14(3)13(20)19(14)9-11-5-4-6-12(7-11)15(16,17)18/h4-7,10H,8-9H2,1-3H3. The van der Waals surface area contributed by atoms with E-state index in [-0.39, 0.29) is 12.5 Å². The number of alkyl halides is 3. The van der Waals surface area contributed by atoms with E-state index in [0.717, 1.165) is 18.6 Å². The Morgan fingerprint density at radius 2 is 1.95 bits per heavy atom. The quantitative estimate of drug-likeness (QED) is 0.769. The first-order valence-electron chi connectivity index (χ1n) is 6.63. The minimum atomic E-state index is -4.35. The molecule has 2 nitrogen and oxygen atoms in total. The number of benzene rings is 1. The van der Waals surface area contributed by atoms with Gasteiger partial charge in [-0.3, -0.25) is 4.79 Å². The summed E-state index contributed by atoms with van der Waals surface area (Å²) in [6.07, 6.45) is -3.62. The van der Waals surface area contributed by atoms with E-state index in [1.165, 1.54) is 6.07 Å². The van der Waals surface area contributed by atoms with E-state index in [9.17, 15) is 18.0 Å². The van der Waals surface area contributed by atoms with Gasteiger partial charge in [-0.1, -0.05) is 26.0 Å². The molecule has 20 heavy (non-hydrogen) atoms. The predicted octanol–water partition coefficient (Wildman–Crippen LogP) is 3.85. The van der Waals surface area contributed by atoms with Crippen LogP contribution in [-0.4, -0.2) is 16.3 Å². The first-order chi connectivity index (χ1) is 9.14. The number of nitrogens with zero attached hydrogens (tertiary/aromatic N) is 1. The van der Waals surface area contributed by atoms with Crippen LogP contribution in [0.3, 0.4) is 0 Å². The summed E-state index contributed by atoms with van der Waals surface area (Å²) in [7, 11) is 0. The molecule has 1 unspecified atom stereocenters. The van der Waals surface area contributed by atoms with Gasteiger partial charge in [0.15, 0.2) is 0 Å². The number of carbonyl (C=O) groups excluding carboxylic acids is 1. The number of hydrogen-bond acceptors (Lipinski definition) is 1. The van der Waals surface area contributed by atoms with Crippen LogP contribution in [0.5, 0.6) is 0 Å². The molecule has 5 heteroatoms. The van der Waals surface area contributed by atoms with Crippen LogP contribution in [0, 0.1) is 5.92 Å². The molecule has 0 saturated carbocycles. The Hall–Kier alpha value is -1.52. The minimum absolute atomic E-state index is 0.0172. The van der Waals surface area contributed by atoms with Gasteiger partial charge in [0.05, 0.1) is 5.56 Å². The molecular weight excluding hydrogens is 267 g/mol. The van der Waals surface area contributed by atoms with Crippen molar-refractivity contribution in [2.24, 2.45) is 5.92 Å². The second-order valence-electron chi connectivity index (χ2n) is 5.96. The highest BCUT2D eigenvalue weighted by Crippen LogP contribution is 2.41. The van der Waals surface area contributed by atoms with Gasteiger partial charge < -0.3 is 4.90 Å². The van der Waals surface area contributed by atoms with E-state index in [1.54, 1.807) is 11.0 Å². The number of carbonyl (C=O) groups is 1. The van der Waals surface area contributed by atoms with Crippen LogP contribution in [-0.2, 0) is 17.5 Å². The van der Waals surface area contributed by atoms with Crippen LogP contribution in [0.2, 0.25) is 0 Å². The molecule has 1 aromatic carbocycles. The highest BCUT2D eigenvalue weighted by molar-refractivity contribution is 6.01. The molecule has 110 valence electrons. The number of amides is 1. The Balaban J connectivity index is 2.11. The van der Waals surface area contributed by atoms with Gasteiger partial charge in [0.1, 0.15) is 5.54 Å². The maximum Gasteiger partial charge on any atom is 0.416 e. The SMILES string of the molecule is CC(C)CC1(C)C(=O)N1Cc1cccc(C(F)(F)F)c1. The average Bonchev–Trinajstić information content (AvgIpc) is 2.79. The molecule has 1 aliphatic rings. The van der Waals surface area contributed by atoms with E-state index in [1.807, 2.05) is 20.8 Å².